The molecule has 0 spiro atoms. The summed E-state index contributed by atoms with van der Waals surface area (Å²) in [6.45, 7) is 0. The van der Waals surface area contributed by atoms with Gasteiger partial charge in [0.15, 0.2) is 0 Å². The molecule has 8 rings (SSSR count). The van der Waals surface area contributed by atoms with Gasteiger partial charge in [-0.25, -0.2) is 9.15 Å². The fourth-order valence-corrected chi connectivity index (χ4v) is 6.68. The lowest BCUT2D eigenvalue weighted by atomic mass is 9.93. The highest BCUT2D eigenvalue weighted by Gasteiger charge is 2.20. The molecular weight excluding hydrogens is 711 g/mol. The summed E-state index contributed by atoms with van der Waals surface area (Å²) in [5, 5.41) is 4.52. The highest BCUT2D eigenvalue weighted by atomic mass is 35.5. The van der Waals surface area contributed by atoms with Gasteiger partial charge in [0, 0.05) is 96.9 Å². The van der Waals surface area contributed by atoms with Crippen LogP contribution in [0.1, 0.15) is 0 Å². The van der Waals surface area contributed by atoms with E-state index in [0.717, 1.165) is 66.7 Å². The van der Waals surface area contributed by atoms with Crippen molar-refractivity contribution in [2.45, 2.75) is 0 Å². The third kappa shape index (κ3) is 7.86. The van der Waals surface area contributed by atoms with Gasteiger partial charge in [0.05, 0.1) is 12.1 Å². The summed E-state index contributed by atoms with van der Waals surface area (Å²) in [6.07, 6.45) is 0. The standard InChI is InChI=1S/2C23H23N2O.2ClH/c2*1-24(2)17-10-12-19-21(14-17)26-22-15-18(25(3)4)11-13-20(22)23(19)16-8-6-5-7-9-16;;/h2*5-15H,1-4H3;2*1H/q2*+1;;/p-2. The van der Waals surface area contributed by atoms with Crippen molar-refractivity contribution >= 4 is 33.3 Å². The molecule has 8 heteroatoms. The van der Waals surface area contributed by atoms with E-state index in [1.807, 2.05) is 56.4 Å². The predicted octanol–water partition coefficient (Wildman–Crippen LogP) is 2.61. The van der Waals surface area contributed by atoms with Crippen LogP contribution < -0.4 is 54.5 Å². The molecule has 0 N–H and O–H groups in total. The van der Waals surface area contributed by atoms with E-state index in [4.69, 9.17) is 8.83 Å². The Bertz CT molecular complexity index is 2440. The first-order chi connectivity index (χ1) is 25.1. The topological polar surface area (TPSA) is 38.8 Å². The Labute approximate surface area is 330 Å². The van der Waals surface area contributed by atoms with E-state index in [-0.39, 0.29) is 24.8 Å². The maximum absolute atomic E-state index is 6.34. The van der Waals surface area contributed by atoms with Crippen molar-refractivity contribution in [1.82, 2.24) is 9.15 Å². The van der Waals surface area contributed by atoms with Crippen molar-refractivity contribution in [3.63, 3.8) is 0 Å². The number of rotatable bonds is 4. The van der Waals surface area contributed by atoms with E-state index < -0.39 is 0 Å². The van der Waals surface area contributed by atoms with E-state index in [1.165, 1.54) is 22.3 Å². The molecule has 0 radical (unpaired) electrons. The molecule has 2 heterocycles. The molecule has 0 aromatic heterocycles. The first-order valence-electron chi connectivity index (χ1n) is 17.6. The minimum absolute atomic E-state index is 0. The lowest BCUT2D eigenvalue weighted by Gasteiger charge is -2.17. The van der Waals surface area contributed by atoms with Gasteiger partial charge in [0.1, 0.15) is 50.9 Å². The first kappa shape index (κ1) is 39.6. The third-order valence-corrected chi connectivity index (χ3v) is 9.57. The molecule has 0 atom stereocenters. The fraction of sp³-hybridized carbons (Fsp3) is 0.174. The lowest BCUT2D eigenvalue weighted by Crippen LogP contribution is -3.00. The predicted molar refractivity (Wildman–Crippen MR) is 219 cm³/mol. The maximum Gasteiger partial charge on any atom is 0.203 e. The number of nitrogens with zero attached hydrogens (tertiary/aromatic N) is 4. The minimum atomic E-state index is 0. The van der Waals surface area contributed by atoms with Gasteiger partial charge >= 0.3 is 0 Å². The Morgan fingerprint density at radius 2 is 0.796 bits per heavy atom. The summed E-state index contributed by atoms with van der Waals surface area (Å²) in [6, 6.07) is 46.8. The zero-order valence-electron chi connectivity index (χ0n) is 32.1. The molecule has 2 aliphatic heterocycles. The van der Waals surface area contributed by atoms with Gasteiger partial charge in [-0.15, -0.1) is 0 Å². The van der Waals surface area contributed by atoms with Gasteiger partial charge in [-0.05, 0) is 47.5 Å². The average Bonchev–Trinajstić information content (AvgIpc) is 3.15. The van der Waals surface area contributed by atoms with Crippen LogP contribution in [0.25, 0.3) is 66.8 Å². The molecule has 0 bridgehead atoms. The number of benzene rings is 6. The van der Waals surface area contributed by atoms with Crippen LogP contribution in [0, 0.1) is 0 Å². The van der Waals surface area contributed by atoms with E-state index >= 15 is 0 Å². The van der Waals surface area contributed by atoms with E-state index in [1.54, 1.807) is 0 Å². The molecule has 276 valence electrons. The quantitative estimate of drug-likeness (QED) is 0.205. The second-order valence-corrected chi connectivity index (χ2v) is 14.0. The highest BCUT2D eigenvalue weighted by molar-refractivity contribution is 6.03. The highest BCUT2D eigenvalue weighted by Crippen LogP contribution is 2.42. The molecule has 0 unspecified atom stereocenters. The number of hydrogen-bond donors (Lipinski definition) is 0. The zero-order valence-corrected chi connectivity index (χ0v) is 33.6. The van der Waals surface area contributed by atoms with Crippen molar-refractivity contribution < 1.29 is 33.6 Å². The monoisotopic (exact) mass is 756 g/mol. The first-order valence-corrected chi connectivity index (χ1v) is 17.6. The summed E-state index contributed by atoms with van der Waals surface area (Å²) in [4.78, 5) is 4.19. The molecular formula is C46H46Cl2N4O2. The Balaban J connectivity index is 0.000000200. The van der Waals surface area contributed by atoms with Gasteiger partial charge in [0.2, 0.25) is 10.7 Å². The van der Waals surface area contributed by atoms with Gasteiger partial charge in [-0.3, -0.25) is 0 Å². The zero-order chi connectivity index (χ0) is 36.5. The number of halogens is 2. The summed E-state index contributed by atoms with van der Waals surface area (Å²) in [7, 11) is 16.4. The SMILES string of the molecule is CN(C)c1ccc2c(-c3ccccc3)c3ccc(=[N+](C)C)cc-3oc2c1.CN(C)c1ccc2c(-c3ccccc3)c3ccc(=[N+](C)C)cc-3oc2c1.[Cl-].[Cl-]. The number of anilines is 2. The molecule has 2 aliphatic carbocycles. The van der Waals surface area contributed by atoms with Crippen LogP contribution in [0.15, 0.2) is 142 Å². The van der Waals surface area contributed by atoms with Crippen molar-refractivity contribution in [2.24, 2.45) is 0 Å². The fourth-order valence-electron chi connectivity index (χ4n) is 6.68. The Morgan fingerprint density at radius 3 is 1.13 bits per heavy atom. The molecule has 0 amide bonds. The van der Waals surface area contributed by atoms with Crippen LogP contribution >= 0.6 is 0 Å². The van der Waals surface area contributed by atoms with Crippen LogP contribution in [0.2, 0.25) is 0 Å². The van der Waals surface area contributed by atoms with Gasteiger partial charge in [-0.1, -0.05) is 60.7 Å². The van der Waals surface area contributed by atoms with E-state index in [0.29, 0.717) is 0 Å². The van der Waals surface area contributed by atoms with Crippen LogP contribution in [0.5, 0.6) is 0 Å². The largest absolute Gasteiger partial charge is 1.00 e. The summed E-state index contributed by atoms with van der Waals surface area (Å²) in [5.41, 5.74) is 11.2. The van der Waals surface area contributed by atoms with Crippen LogP contribution in [-0.4, -0.2) is 56.4 Å². The second-order valence-electron chi connectivity index (χ2n) is 14.0. The normalized spacial score (nSPS) is 10.7. The molecule has 0 saturated carbocycles. The maximum atomic E-state index is 6.34. The second kappa shape index (κ2) is 16.6. The van der Waals surface area contributed by atoms with Crippen molar-refractivity contribution in [2.75, 3.05) is 66.2 Å². The molecule has 4 aromatic rings. The Morgan fingerprint density at radius 1 is 0.426 bits per heavy atom. The Kier molecular flexibility index (Phi) is 12.2. The van der Waals surface area contributed by atoms with Crippen LogP contribution in [-0.2, 0) is 0 Å². The van der Waals surface area contributed by atoms with E-state index in [2.05, 4.69) is 152 Å². The van der Waals surface area contributed by atoms with Gasteiger partial charge in [0.25, 0.3) is 0 Å². The van der Waals surface area contributed by atoms with E-state index in [9.17, 15) is 0 Å². The van der Waals surface area contributed by atoms with Crippen molar-refractivity contribution in [3.8, 4) is 44.9 Å². The minimum Gasteiger partial charge on any atom is -1.00 e. The molecule has 4 aliphatic rings. The molecule has 54 heavy (non-hydrogen) atoms. The van der Waals surface area contributed by atoms with Gasteiger partial charge in [-0.2, -0.15) is 0 Å². The average molecular weight is 758 g/mol. The molecule has 4 aromatic carbocycles. The Hall–Kier alpha value is -5.56. The van der Waals surface area contributed by atoms with Crippen LogP contribution in [0.4, 0.5) is 11.4 Å². The van der Waals surface area contributed by atoms with Gasteiger partial charge < -0.3 is 43.4 Å². The lowest BCUT2D eigenvalue weighted by molar-refractivity contribution is -0.001000. The smallest absolute Gasteiger partial charge is 0.203 e. The number of hydrogen-bond acceptors (Lipinski definition) is 4. The summed E-state index contributed by atoms with van der Waals surface area (Å²) in [5.74, 6) is 1.80. The summed E-state index contributed by atoms with van der Waals surface area (Å²) < 4.78 is 16.9. The van der Waals surface area contributed by atoms with Crippen LogP contribution in [0.3, 0.4) is 0 Å². The van der Waals surface area contributed by atoms with Crippen molar-refractivity contribution in [1.29, 1.82) is 0 Å². The number of fused-ring (bicyclic) bond motifs is 4. The molecule has 6 nitrogen and oxygen atoms in total. The molecule has 0 saturated heterocycles. The summed E-state index contributed by atoms with van der Waals surface area (Å²) >= 11 is 0. The third-order valence-electron chi connectivity index (χ3n) is 9.57. The van der Waals surface area contributed by atoms with Crippen molar-refractivity contribution in [3.05, 3.63) is 144 Å². The molecule has 0 fully saturated rings.